The molecule has 0 aliphatic heterocycles. The first-order valence-corrected chi connectivity index (χ1v) is 6.22. The smallest absolute Gasteiger partial charge is 0.337 e. The predicted octanol–water partition coefficient (Wildman–Crippen LogP) is 2.69. The van der Waals surface area contributed by atoms with Crippen LogP contribution in [0.4, 0.5) is 10.1 Å². The van der Waals surface area contributed by atoms with E-state index in [1.54, 1.807) is 11.8 Å². The third-order valence-corrected chi connectivity index (χ3v) is 2.86. The van der Waals surface area contributed by atoms with Gasteiger partial charge in [0, 0.05) is 17.5 Å². The first-order valence-electron chi connectivity index (χ1n) is 4.83. The first kappa shape index (κ1) is 12.8. The van der Waals surface area contributed by atoms with Crippen molar-refractivity contribution in [3.05, 3.63) is 29.6 Å². The van der Waals surface area contributed by atoms with E-state index < -0.39 is 11.8 Å². The Morgan fingerprint density at radius 1 is 1.62 bits per heavy atom. The molecule has 0 aromatic heterocycles. The average Bonchev–Trinajstić information content (AvgIpc) is 2.20. The zero-order chi connectivity index (χ0) is 12.1. The maximum atomic E-state index is 12.9. The van der Waals surface area contributed by atoms with Crippen molar-refractivity contribution in [3.63, 3.8) is 0 Å². The molecule has 0 aliphatic carbocycles. The van der Waals surface area contributed by atoms with Crippen LogP contribution < -0.4 is 5.32 Å². The third-order valence-electron chi connectivity index (χ3n) is 2.03. The second kappa shape index (κ2) is 5.75. The number of benzene rings is 1. The van der Waals surface area contributed by atoms with E-state index in [4.69, 9.17) is 5.11 Å². The van der Waals surface area contributed by atoms with Crippen LogP contribution in [0, 0.1) is 5.82 Å². The molecule has 0 fully saturated rings. The lowest BCUT2D eigenvalue weighted by atomic mass is 10.1. The molecule has 0 aliphatic rings. The number of rotatable bonds is 5. The van der Waals surface area contributed by atoms with Gasteiger partial charge < -0.3 is 10.4 Å². The van der Waals surface area contributed by atoms with Gasteiger partial charge in [0.2, 0.25) is 0 Å². The van der Waals surface area contributed by atoms with Crippen LogP contribution in [0.15, 0.2) is 18.2 Å². The average molecular weight is 243 g/mol. The molecule has 1 atom stereocenters. The summed E-state index contributed by atoms with van der Waals surface area (Å²) in [6.07, 6.45) is 1.97. The zero-order valence-electron chi connectivity index (χ0n) is 9.16. The first-order chi connectivity index (χ1) is 7.54. The lowest BCUT2D eigenvalue weighted by Crippen LogP contribution is -2.19. The van der Waals surface area contributed by atoms with Crippen molar-refractivity contribution in [2.45, 2.75) is 13.0 Å². The van der Waals surface area contributed by atoms with Crippen LogP contribution in [0.5, 0.6) is 0 Å². The Balaban J connectivity index is 2.90. The van der Waals surface area contributed by atoms with Gasteiger partial charge >= 0.3 is 5.97 Å². The van der Waals surface area contributed by atoms with Crippen LogP contribution >= 0.6 is 11.8 Å². The molecule has 0 bridgehead atoms. The number of halogens is 1. The van der Waals surface area contributed by atoms with Crippen LogP contribution in [0.3, 0.4) is 0 Å². The number of carboxylic acid groups (broad SMARTS) is 1. The minimum Gasteiger partial charge on any atom is -0.478 e. The maximum Gasteiger partial charge on any atom is 0.337 e. The number of hydrogen-bond acceptors (Lipinski definition) is 3. The summed E-state index contributed by atoms with van der Waals surface area (Å²) < 4.78 is 12.9. The lowest BCUT2D eigenvalue weighted by molar-refractivity contribution is 0.0697. The van der Waals surface area contributed by atoms with Gasteiger partial charge in [-0.3, -0.25) is 0 Å². The highest BCUT2D eigenvalue weighted by Gasteiger charge is 2.12. The van der Waals surface area contributed by atoms with Gasteiger partial charge in [-0.1, -0.05) is 0 Å². The normalized spacial score (nSPS) is 12.2. The monoisotopic (exact) mass is 243 g/mol. The van der Waals surface area contributed by atoms with E-state index in [9.17, 15) is 9.18 Å². The summed E-state index contributed by atoms with van der Waals surface area (Å²) in [6, 6.07) is 3.87. The summed E-state index contributed by atoms with van der Waals surface area (Å²) >= 11 is 1.66. The molecule has 1 aromatic rings. The molecule has 0 amide bonds. The van der Waals surface area contributed by atoms with Crippen molar-refractivity contribution in [2.75, 3.05) is 17.3 Å². The SMILES string of the molecule is CSCC(C)Nc1ccc(F)cc1C(=O)O. The van der Waals surface area contributed by atoms with E-state index in [1.165, 1.54) is 12.1 Å². The van der Waals surface area contributed by atoms with E-state index >= 15 is 0 Å². The zero-order valence-corrected chi connectivity index (χ0v) is 9.97. The molecule has 0 saturated heterocycles. The van der Waals surface area contributed by atoms with Crippen molar-refractivity contribution < 1.29 is 14.3 Å². The Morgan fingerprint density at radius 3 is 2.88 bits per heavy atom. The number of anilines is 1. The van der Waals surface area contributed by atoms with Crippen molar-refractivity contribution in [2.24, 2.45) is 0 Å². The summed E-state index contributed by atoms with van der Waals surface area (Å²) in [4.78, 5) is 10.9. The Hall–Kier alpha value is -1.23. The number of hydrogen-bond donors (Lipinski definition) is 2. The summed E-state index contributed by atoms with van der Waals surface area (Å²) in [7, 11) is 0. The second-order valence-corrected chi connectivity index (χ2v) is 4.41. The van der Waals surface area contributed by atoms with Crippen molar-refractivity contribution >= 4 is 23.4 Å². The maximum absolute atomic E-state index is 12.9. The molecule has 5 heteroatoms. The summed E-state index contributed by atoms with van der Waals surface area (Å²) in [5.74, 6) is -0.810. The van der Waals surface area contributed by atoms with Gasteiger partial charge in [0.15, 0.2) is 0 Å². The van der Waals surface area contributed by atoms with Gasteiger partial charge in [-0.2, -0.15) is 11.8 Å². The van der Waals surface area contributed by atoms with Gasteiger partial charge in [0.25, 0.3) is 0 Å². The van der Waals surface area contributed by atoms with Crippen LogP contribution in [0.1, 0.15) is 17.3 Å². The van der Waals surface area contributed by atoms with E-state index in [1.807, 2.05) is 13.2 Å². The van der Waals surface area contributed by atoms with Gasteiger partial charge in [0.05, 0.1) is 5.56 Å². The number of thioether (sulfide) groups is 1. The minimum atomic E-state index is -1.13. The second-order valence-electron chi connectivity index (χ2n) is 3.50. The lowest BCUT2D eigenvalue weighted by Gasteiger charge is -2.15. The summed E-state index contributed by atoms with van der Waals surface area (Å²) in [6.45, 7) is 1.95. The Bertz CT molecular complexity index is 384. The molecular weight excluding hydrogens is 229 g/mol. The van der Waals surface area contributed by atoms with Crippen LogP contribution in [0.2, 0.25) is 0 Å². The summed E-state index contributed by atoms with van der Waals surface area (Å²) in [5.41, 5.74) is 0.420. The predicted molar refractivity (Wildman–Crippen MR) is 64.8 cm³/mol. The topological polar surface area (TPSA) is 49.3 Å². The molecule has 0 saturated carbocycles. The standard InChI is InChI=1S/C11H14FNO2S/c1-7(6-16-2)13-10-4-3-8(12)5-9(10)11(14)15/h3-5,7,13H,6H2,1-2H3,(H,14,15). The van der Waals surface area contributed by atoms with Gasteiger partial charge in [-0.25, -0.2) is 9.18 Å². The largest absolute Gasteiger partial charge is 0.478 e. The molecule has 0 spiro atoms. The molecule has 2 N–H and O–H groups in total. The molecule has 1 unspecified atom stereocenters. The van der Waals surface area contributed by atoms with Gasteiger partial charge in [-0.05, 0) is 31.4 Å². The fraction of sp³-hybridized carbons (Fsp3) is 0.364. The van der Waals surface area contributed by atoms with E-state index in [2.05, 4.69) is 5.32 Å². The fourth-order valence-electron chi connectivity index (χ4n) is 1.38. The number of aromatic carboxylic acids is 1. The van der Waals surface area contributed by atoms with Crippen molar-refractivity contribution in [3.8, 4) is 0 Å². The molecule has 0 heterocycles. The van der Waals surface area contributed by atoms with Gasteiger partial charge in [-0.15, -0.1) is 0 Å². The van der Waals surface area contributed by atoms with Crippen LogP contribution in [-0.2, 0) is 0 Å². The minimum absolute atomic E-state index is 0.0343. The Labute approximate surface area is 98.1 Å². The molecule has 1 rings (SSSR count). The number of carbonyl (C=O) groups is 1. The summed E-state index contributed by atoms with van der Waals surface area (Å²) in [5, 5.41) is 12.0. The highest BCUT2D eigenvalue weighted by molar-refractivity contribution is 7.98. The quantitative estimate of drug-likeness (QED) is 0.834. The fourth-order valence-corrected chi connectivity index (χ4v) is 1.96. The molecule has 16 heavy (non-hydrogen) atoms. The highest BCUT2D eigenvalue weighted by atomic mass is 32.2. The van der Waals surface area contributed by atoms with Crippen LogP contribution in [0.25, 0.3) is 0 Å². The highest BCUT2D eigenvalue weighted by Crippen LogP contribution is 2.18. The van der Waals surface area contributed by atoms with Crippen LogP contribution in [-0.4, -0.2) is 29.1 Å². The third kappa shape index (κ3) is 3.41. The van der Waals surface area contributed by atoms with Crippen molar-refractivity contribution in [1.29, 1.82) is 0 Å². The van der Waals surface area contributed by atoms with Crippen molar-refractivity contribution in [1.82, 2.24) is 0 Å². The van der Waals surface area contributed by atoms with E-state index in [-0.39, 0.29) is 11.6 Å². The number of nitrogens with one attached hydrogen (secondary N) is 1. The van der Waals surface area contributed by atoms with E-state index in [0.717, 1.165) is 11.8 Å². The molecular formula is C11H14FNO2S. The number of carboxylic acids is 1. The Kier molecular flexibility index (Phi) is 4.61. The molecule has 0 radical (unpaired) electrons. The molecule has 1 aromatic carbocycles. The molecule has 88 valence electrons. The van der Waals surface area contributed by atoms with Gasteiger partial charge in [0.1, 0.15) is 5.82 Å². The molecule has 3 nitrogen and oxygen atoms in total. The van der Waals surface area contributed by atoms with E-state index in [0.29, 0.717) is 5.69 Å². The Morgan fingerprint density at radius 2 is 2.31 bits per heavy atom.